The van der Waals surface area contributed by atoms with E-state index in [0.717, 1.165) is 23.2 Å². The van der Waals surface area contributed by atoms with E-state index < -0.39 is 0 Å². The highest BCUT2D eigenvalue weighted by Gasteiger charge is 2.02. The fourth-order valence-corrected chi connectivity index (χ4v) is 1.44. The molecule has 0 atom stereocenters. The zero-order valence-electron chi connectivity index (χ0n) is 8.70. The standard InChI is InChI=1S/C11H17NO2/c1-12(2)6-9-3-4-10(7-13)11(5-9)8-14/h3-5,13-14H,6-8H2,1-2H3. The Morgan fingerprint density at radius 2 is 1.71 bits per heavy atom. The molecular formula is C11H17NO2. The fraction of sp³-hybridized carbons (Fsp3) is 0.455. The van der Waals surface area contributed by atoms with E-state index in [9.17, 15) is 0 Å². The smallest absolute Gasteiger partial charge is 0.0685 e. The Bertz CT molecular complexity index is 297. The van der Waals surface area contributed by atoms with Gasteiger partial charge in [0.15, 0.2) is 0 Å². The van der Waals surface area contributed by atoms with Gasteiger partial charge in [0.2, 0.25) is 0 Å². The lowest BCUT2D eigenvalue weighted by molar-refractivity contribution is 0.259. The molecule has 0 aliphatic carbocycles. The van der Waals surface area contributed by atoms with Crippen molar-refractivity contribution >= 4 is 0 Å². The summed E-state index contributed by atoms with van der Waals surface area (Å²) in [7, 11) is 4.00. The molecule has 3 heteroatoms. The first-order valence-electron chi connectivity index (χ1n) is 4.64. The topological polar surface area (TPSA) is 43.7 Å². The van der Waals surface area contributed by atoms with Crippen molar-refractivity contribution in [3.8, 4) is 0 Å². The van der Waals surface area contributed by atoms with E-state index in [4.69, 9.17) is 10.2 Å². The average molecular weight is 195 g/mol. The lowest BCUT2D eigenvalue weighted by atomic mass is 10.0. The zero-order chi connectivity index (χ0) is 10.6. The molecule has 0 unspecified atom stereocenters. The normalized spacial score (nSPS) is 10.9. The van der Waals surface area contributed by atoms with Gasteiger partial charge < -0.3 is 15.1 Å². The molecule has 0 radical (unpaired) electrons. The van der Waals surface area contributed by atoms with Gasteiger partial charge in [-0.1, -0.05) is 18.2 Å². The van der Waals surface area contributed by atoms with Crippen LogP contribution in [0.1, 0.15) is 16.7 Å². The Labute approximate surface area is 84.6 Å². The van der Waals surface area contributed by atoms with E-state index in [2.05, 4.69) is 4.90 Å². The van der Waals surface area contributed by atoms with E-state index >= 15 is 0 Å². The minimum absolute atomic E-state index is 0.0157. The van der Waals surface area contributed by atoms with Gasteiger partial charge in [0.25, 0.3) is 0 Å². The van der Waals surface area contributed by atoms with E-state index in [1.165, 1.54) is 0 Å². The molecule has 0 amide bonds. The van der Waals surface area contributed by atoms with E-state index in [1.807, 2.05) is 32.3 Å². The second-order valence-electron chi connectivity index (χ2n) is 3.66. The van der Waals surface area contributed by atoms with Gasteiger partial charge >= 0.3 is 0 Å². The largest absolute Gasteiger partial charge is 0.392 e. The van der Waals surface area contributed by atoms with E-state index in [1.54, 1.807) is 0 Å². The molecule has 0 bridgehead atoms. The fourth-order valence-electron chi connectivity index (χ4n) is 1.44. The molecule has 78 valence electrons. The molecule has 1 aromatic rings. The third-order valence-corrected chi connectivity index (χ3v) is 2.11. The number of benzene rings is 1. The third-order valence-electron chi connectivity index (χ3n) is 2.11. The average Bonchev–Trinajstić information content (AvgIpc) is 2.16. The van der Waals surface area contributed by atoms with Gasteiger partial charge in [-0.2, -0.15) is 0 Å². The second kappa shape index (κ2) is 5.10. The van der Waals surface area contributed by atoms with Gasteiger partial charge in [-0.15, -0.1) is 0 Å². The van der Waals surface area contributed by atoms with Crippen LogP contribution < -0.4 is 0 Å². The summed E-state index contributed by atoms with van der Waals surface area (Å²) in [5.41, 5.74) is 2.76. The summed E-state index contributed by atoms with van der Waals surface area (Å²) < 4.78 is 0. The van der Waals surface area contributed by atoms with Crippen molar-refractivity contribution in [1.29, 1.82) is 0 Å². The number of hydrogen-bond donors (Lipinski definition) is 2. The predicted octanol–water partition coefficient (Wildman–Crippen LogP) is 0.733. The molecule has 1 rings (SSSR count). The van der Waals surface area contributed by atoms with Crippen molar-refractivity contribution in [2.75, 3.05) is 14.1 Å². The van der Waals surface area contributed by atoms with E-state index in [0.29, 0.717) is 0 Å². The van der Waals surface area contributed by atoms with Crippen molar-refractivity contribution in [3.05, 3.63) is 34.9 Å². The van der Waals surface area contributed by atoms with Crippen LogP contribution in [0.15, 0.2) is 18.2 Å². The molecule has 0 aliphatic rings. The van der Waals surface area contributed by atoms with Gasteiger partial charge in [-0.05, 0) is 30.8 Å². The van der Waals surface area contributed by atoms with Crippen LogP contribution in [-0.4, -0.2) is 29.2 Å². The summed E-state index contributed by atoms with van der Waals surface area (Å²) in [6.45, 7) is 0.814. The Morgan fingerprint density at radius 1 is 1.07 bits per heavy atom. The quantitative estimate of drug-likeness (QED) is 0.744. The molecule has 14 heavy (non-hydrogen) atoms. The predicted molar refractivity (Wildman–Crippen MR) is 55.7 cm³/mol. The van der Waals surface area contributed by atoms with Gasteiger partial charge in [-0.25, -0.2) is 0 Å². The first kappa shape index (κ1) is 11.2. The van der Waals surface area contributed by atoms with Crippen LogP contribution in [0.3, 0.4) is 0 Å². The van der Waals surface area contributed by atoms with Crippen LogP contribution in [0.4, 0.5) is 0 Å². The molecule has 3 nitrogen and oxygen atoms in total. The minimum Gasteiger partial charge on any atom is -0.392 e. The minimum atomic E-state index is -0.0167. The SMILES string of the molecule is CN(C)Cc1ccc(CO)c(CO)c1. The zero-order valence-corrected chi connectivity index (χ0v) is 8.70. The Hall–Kier alpha value is -0.900. The van der Waals surface area contributed by atoms with Crippen molar-refractivity contribution in [2.45, 2.75) is 19.8 Å². The summed E-state index contributed by atoms with van der Waals surface area (Å²) >= 11 is 0. The molecule has 0 fully saturated rings. The lowest BCUT2D eigenvalue weighted by Crippen LogP contribution is -2.11. The maximum atomic E-state index is 9.08. The molecule has 2 N–H and O–H groups in total. The highest BCUT2D eigenvalue weighted by molar-refractivity contribution is 5.31. The first-order valence-corrected chi connectivity index (χ1v) is 4.64. The van der Waals surface area contributed by atoms with Crippen molar-refractivity contribution in [3.63, 3.8) is 0 Å². The molecule has 0 aromatic heterocycles. The number of rotatable bonds is 4. The van der Waals surface area contributed by atoms with E-state index in [-0.39, 0.29) is 13.2 Å². The molecule has 0 spiro atoms. The maximum Gasteiger partial charge on any atom is 0.0685 e. The maximum absolute atomic E-state index is 9.08. The van der Waals surface area contributed by atoms with Gasteiger partial charge in [0.1, 0.15) is 0 Å². The third kappa shape index (κ3) is 2.80. The second-order valence-corrected chi connectivity index (χ2v) is 3.66. The molecule has 1 aromatic carbocycles. The number of aliphatic hydroxyl groups excluding tert-OH is 2. The van der Waals surface area contributed by atoms with Gasteiger partial charge in [0.05, 0.1) is 13.2 Å². The van der Waals surface area contributed by atoms with Crippen LogP contribution in [0.25, 0.3) is 0 Å². The highest BCUT2D eigenvalue weighted by Crippen LogP contribution is 2.13. The molecular weight excluding hydrogens is 178 g/mol. The Kier molecular flexibility index (Phi) is 4.07. The Balaban J connectivity index is 2.89. The van der Waals surface area contributed by atoms with Crippen LogP contribution >= 0.6 is 0 Å². The summed E-state index contributed by atoms with van der Waals surface area (Å²) in [5.74, 6) is 0. The lowest BCUT2D eigenvalue weighted by Gasteiger charge is -2.12. The van der Waals surface area contributed by atoms with Crippen LogP contribution in [0, 0.1) is 0 Å². The summed E-state index contributed by atoms with van der Waals surface area (Å²) in [6, 6.07) is 5.78. The molecule has 0 saturated heterocycles. The first-order chi connectivity index (χ1) is 6.67. The summed E-state index contributed by atoms with van der Waals surface area (Å²) in [5, 5.41) is 18.1. The molecule has 0 saturated carbocycles. The van der Waals surface area contributed by atoms with Gasteiger partial charge in [-0.3, -0.25) is 0 Å². The number of hydrogen-bond acceptors (Lipinski definition) is 3. The summed E-state index contributed by atoms with van der Waals surface area (Å²) in [6.07, 6.45) is 0. The number of aliphatic hydroxyl groups is 2. The van der Waals surface area contributed by atoms with Crippen molar-refractivity contribution in [1.82, 2.24) is 4.90 Å². The summed E-state index contributed by atoms with van der Waals surface area (Å²) in [4.78, 5) is 2.06. The van der Waals surface area contributed by atoms with Crippen LogP contribution in [-0.2, 0) is 19.8 Å². The van der Waals surface area contributed by atoms with Crippen molar-refractivity contribution < 1.29 is 10.2 Å². The molecule has 0 heterocycles. The Morgan fingerprint density at radius 3 is 2.21 bits per heavy atom. The van der Waals surface area contributed by atoms with Crippen molar-refractivity contribution in [2.24, 2.45) is 0 Å². The highest BCUT2D eigenvalue weighted by atomic mass is 16.3. The van der Waals surface area contributed by atoms with Crippen LogP contribution in [0.2, 0.25) is 0 Å². The van der Waals surface area contributed by atoms with Crippen LogP contribution in [0.5, 0.6) is 0 Å². The van der Waals surface area contributed by atoms with Gasteiger partial charge in [0, 0.05) is 6.54 Å². The molecule has 0 aliphatic heterocycles. The number of nitrogens with zero attached hydrogens (tertiary/aromatic N) is 1. The monoisotopic (exact) mass is 195 g/mol.